The smallest absolute Gasteiger partial charge is 0.312 e. The second-order valence-electron chi connectivity index (χ2n) is 9.03. The number of aliphatic imine (C=N–C) groups is 1. The van der Waals surface area contributed by atoms with Crippen molar-refractivity contribution in [1.29, 1.82) is 0 Å². The maximum Gasteiger partial charge on any atom is 0.312 e. The highest BCUT2D eigenvalue weighted by Crippen LogP contribution is 2.44. The highest BCUT2D eigenvalue weighted by atomic mass is 79.9. The second kappa shape index (κ2) is 7.41. The summed E-state index contributed by atoms with van der Waals surface area (Å²) in [6, 6.07) is 2.81. The molecule has 0 saturated carbocycles. The van der Waals surface area contributed by atoms with Gasteiger partial charge in [0.2, 0.25) is 0 Å². The predicted molar refractivity (Wildman–Crippen MR) is 115 cm³/mol. The van der Waals surface area contributed by atoms with Crippen LogP contribution in [0.3, 0.4) is 0 Å². The molecule has 160 valence electrons. The Kier molecular flexibility index (Phi) is 5.71. The molecule has 0 fully saturated rings. The normalized spacial score (nSPS) is 32.0. The van der Waals surface area contributed by atoms with Crippen LogP contribution in [0.2, 0.25) is 0 Å². The standard InChI is InChI=1S/C20H27BrFN3O3S/c1-18(2,3)28-16(26)11-14-20(5)9-6-10-23-29(20,27)12-19(4,25-14)17-13(22)7-8-15(21)24-17/h7-8H,6,9-12H2,1-5H3/t19-,20+,29+/m0/s1. The summed E-state index contributed by atoms with van der Waals surface area (Å²) in [6.07, 6.45) is 1.27. The first-order valence-corrected chi connectivity index (χ1v) is 12.1. The topological polar surface area (TPSA) is 81.0 Å². The molecule has 0 N–H and O–H groups in total. The van der Waals surface area contributed by atoms with E-state index in [1.165, 1.54) is 12.1 Å². The van der Waals surface area contributed by atoms with Crippen molar-refractivity contribution in [1.82, 2.24) is 4.98 Å². The number of esters is 1. The van der Waals surface area contributed by atoms with Gasteiger partial charge in [-0.1, -0.05) is 0 Å². The molecule has 3 heterocycles. The van der Waals surface area contributed by atoms with Gasteiger partial charge in [-0.05, 0) is 75.5 Å². The summed E-state index contributed by atoms with van der Waals surface area (Å²) >= 11 is 3.27. The number of aromatic nitrogens is 1. The number of pyridine rings is 1. The molecule has 0 radical (unpaired) electrons. The molecule has 3 atom stereocenters. The molecule has 0 amide bonds. The van der Waals surface area contributed by atoms with Gasteiger partial charge in [-0.3, -0.25) is 9.79 Å². The number of hydrogen-bond acceptors (Lipinski definition) is 6. The predicted octanol–water partition coefficient (Wildman–Crippen LogP) is 4.41. The maximum atomic E-state index is 14.7. The van der Waals surface area contributed by atoms with E-state index in [4.69, 9.17) is 9.73 Å². The zero-order chi connectivity index (χ0) is 21.7. The Labute approximate surface area is 180 Å². The number of rotatable bonds is 3. The Balaban J connectivity index is 2.15. The van der Waals surface area contributed by atoms with Crippen LogP contribution in [0.1, 0.15) is 59.6 Å². The number of carbonyl (C=O) groups excluding carboxylic acids is 1. The zero-order valence-corrected chi connectivity index (χ0v) is 19.8. The molecule has 6 nitrogen and oxygen atoms in total. The molecule has 0 unspecified atom stereocenters. The van der Waals surface area contributed by atoms with Crippen LogP contribution < -0.4 is 0 Å². The lowest BCUT2D eigenvalue weighted by molar-refractivity contribution is -0.153. The van der Waals surface area contributed by atoms with E-state index in [0.717, 1.165) is 6.42 Å². The fourth-order valence-electron chi connectivity index (χ4n) is 3.95. The number of halogens is 2. The summed E-state index contributed by atoms with van der Waals surface area (Å²) in [6.45, 7) is 9.41. The molecule has 1 aromatic heterocycles. The Morgan fingerprint density at radius 3 is 2.69 bits per heavy atom. The summed E-state index contributed by atoms with van der Waals surface area (Å²) in [5.41, 5.74) is -1.29. The van der Waals surface area contributed by atoms with E-state index in [-0.39, 0.29) is 17.9 Å². The molecule has 0 aromatic carbocycles. The molecule has 0 aliphatic carbocycles. The molecule has 3 rings (SSSR count). The van der Waals surface area contributed by atoms with Gasteiger partial charge in [-0.25, -0.2) is 17.9 Å². The quantitative estimate of drug-likeness (QED) is 0.467. The van der Waals surface area contributed by atoms with Gasteiger partial charge >= 0.3 is 5.97 Å². The number of ether oxygens (including phenoxy) is 1. The summed E-state index contributed by atoms with van der Waals surface area (Å²) in [5.74, 6) is -0.912. The number of fused-ring (bicyclic) bond motifs is 1. The van der Waals surface area contributed by atoms with Crippen molar-refractivity contribution in [3.05, 3.63) is 28.2 Å². The molecule has 0 bridgehead atoms. The first kappa shape index (κ1) is 22.3. The largest absolute Gasteiger partial charge is 0.460 e. The minimum atomic E-state index is -2.79. The highest BCUT2D eigenvalue weighted by molar-refractivity contribution is 9.10. The van der Waals surface area contributed by atoms with Gasteiger partial charge in [0.25, 0.3) is 0 Å². The van der Waals surface area contributed by atoms with E-state index in [1.54, 1.807) is 27.7 Å². The van der Waals surface area contributed by atoms with Crippen molar-refractivity contribution in [2.75, 3.05) is 12.3 Å². The lowest BCUT2D eigenvalue weighted by Gasteiger charge is -2.45. The average Bonchev–Trinajstić information content (AvgIpc) is 2.56. The van der Waals surface area contributed by atoms with Gasteiger partial charge in [-0.15, -0.1) is 0 Å². The first-order chi connectivity index (χ1) is 13.3. The molecule has 29 heavy (non-hydrogen) atoms. The Morgan fingerprint density at radius 2 is 2.03 bits per heavy atom. The fourth-order valence-corrected chi connectivity index (χ4v) is 7.29. The van der Waals surface area contributed by atoms with E-state index in [9.17, 15) is 13.4 Å². The summed E-state index contributed by atoms with van der Waals surface area (Å²) in [4.78, 5) is 21.7. The van der Waals surface area contributed by atoms with Crippen LogP contribution in [0, 0.1) is 5.82 Å². The first-order valence-electron chi connectivity index (χ1n) is 9.62. The van der Waals surface area contributed by atoms with Crippen LogP contribution in [0.25, 0.3) is 0 Å². The van der Waals surface area contributed by atoms with Gasteiger partial charge < -0.3 is 4.74 Å². The molecule has 0 spiro atoms. The SMILES string of the molecule is CC(C)(C)OC(=O)CC1=N[C@](C)(c2nc(Br)ccc2F)C[S@]2(=O)=NCCC[C@]12C. The van der Waals surface area contributed by atoms with Crippen molar-refractivity contribution < 1.29 is 18.1 Å². The molecule has 9 heteroatoms. The van der Waals surface area contributed by atoms with Crippen LogP contribution in [0.5, 0.6) is 0 Å². The number of hydrogen-bond donors (Lipinski definition) is 0. The summed E-state index contributed by atoms with van der Waals surface area (Å²) < 4.78 is 38.3. The monoisotopic (exact) mass is 487 g/mol. The van der Waals surface area contributed by atoms with Crippen molar-refractivity contribution in [3.8, 4) is 0 Å². The van der Waals surface area contributed by atoms with Crippen molar-refractivity contribution in [2.45, 2.75) is 69.8 Å². The van der Waals surface area contributed by atoms with E-state index in [0.29, 0.717) is 23.3 Å². The van der Waals surface area contributed by atoms with Gasteiger partial charge in [0, 0.05) is 12.3 Å². The van der Waals surface area contributed by atoms with Crippen molar-refractivity contribution >= 4 is 37.3 Å². The van der Waals surface area contributed by atoms with Crippen molar-refractivity contribution in [2.24, 2.45) is 9.36 Å². The fraction of sp³-hybridized carbons (Fsp3) is 0.650. The van der Waals surface area contributed by atoms with Crippen LogP contribution in [-0.4, -0.2) is 43.5 Å². The van der Waals surface area contributed by atoms with Crippen LogP contribution in [0.4, 0.5) is 4.39 Å². The third kappa shape index (κ3) is 4.26. The summed E-state index contributed by atoms with van der Waals surface area (Å²) in [7, 11) is -2.79. The third-order valence-corrected chi connectivity index (χ3v) is 9.18. The molecule has 2 aliphatic rings. The lowest BCUT2D eigenvalue weighted by Crippen LogP contribution is -2.55. The molecular formula is C20H27BrFN3O3S. The molecule has 1 aromatic rings. The van der Waals surface area contributed by atoms with Crippen LogP contribution in [-0.2, 0) is 24.8 Å². The number of nitrogens with zero attached hydrogens (tertiary/aromatic N) is 3. The van der Waals surface area contributed by atoms with Crippen LogP contribution >= 0.6 is 15.9 Å². The van der Waals surface area contributed by atoms with E-state index < -0.39 is 37.4 Å². The molecule has 2 aliphatic heterocycles. The summed E-state index contributed by atoms with van der Waals surface area (Å²) in [5, 5.41) is 0. The molecular weight excluding hydrogens is 461 g/mol. The van der Waals surface area contributed by atoms with E-state index in [2.05, 4.69) is 25.3 Å². The van der Waals surface area contributed by atoms with E-state index in [1.807, 2.05) is 6.92 Å². The Bertz CT molecular complexity index is 997. The van der Waals surface area contributed by atoms with E-state index >= 15 is 0 Å². The third-order valence-electron chi connectivity index (χ3n) is 5.34. The number of carbonyl (C=O) groups is 1. The van der Waals surface area contributed by atoms with Gasteiger partial charge in [0.1, 0.15) is 27.3 Å². The zero-order valence-electron chi connectivity index (χ0n) is 17.4. The minimum Gasteiger partial charge on any atom is -0.460 e. The Hall–Kier alpha value is -1.35. The highest BCUT2D eigenvalue weighted by Gasteiger charge is 2.52. The maximum absolute atomic E-state index is 14.7. The van der Waals surface area contributed by atoms with Crippen LogP contribution in [0.15, 0.2) is 26.1 Å². The minimum absolute atomic E-state index is 0.0642. The second-order valence-corrected chi connectivity index (χ2v) is 12.6. The van der Waals surface area contributed by atoms with Gasteiger partial charge in [0.15, 0.2) is 0 Å². The van der Waals surface area contributed by atoms with Crippen molar-refractivity contribution in [3.63, 3.8) is 0 Å². The average molecular weight is 488 g/mol. The lowest BCUT2D eigenvalue weighted by atomic mass is 9.92. The van der Waals surface area contributed by atoms with Gasteiger partial charge in [-0.2, -0.15) is 0 Å². The van der Waals surface area contributed by atoms with Gasteiger partial charge in [0.05, 0.1) is 26.6 Å². The Morgan fingerprint density at radius 1 is 1.34 bits per heavy atom. The molecule has 0 saturated heterocycles.